The molecule has 2 bridgehead atoms. The van der Waals surface area contributed by atoms with E-state index in [1.54, 1.807) is 0 Å². The van der Waals surface area contributed by atoms with Crippen LogP contribution in [0.15, 0.2) is 24.3 Å². The first kappa shape index (κ1) is 8.04. The lowest BCUT2D eigenvalue weighted by atomic mass is 9.77. The Balaban J connectivity index is 2.14. The predicted octanol–water partition coefficient (Wildman–Crippen LogP) is 1.67. The number of amides is 1. The number of carbonyl (C=O) groups is 1. The summed E-state index contributed by atoms with van der Waals surface area (Å²) >= 11 is 0. The number of fused-ring (bicyclic) bond motifs is 4. The summed E-state index contributed by atoms with van der Waals surface area (Å²) in [5.74, 6) is 0.894. The molecule has 1 fully saturated rings. The SMILES string of the molecule is CC1C2Cc3ccccc3C1NC2=O. The molecule has 14 heavy (non-hydrogen) atoms. The summed E-state index contributed by atoms with van der Waals surface area (Å²) in [4.78, 5) is 11.6. The lowest BCUT2D eigenvalue weighted by Gasteiger charge is -2.26. The number of nitrogens with one attached hydrogen (secondary N) is 1. The van der Waals surface area contributed by atoms with E-state index in [0.29, 0.717) is 5.92 Å². The molecule has 0 aromatic heterocycles. The minimum atomic E-state index is 0.204. The van der Waals surface area contributed by atoms with Crippen molar-refractivity contribution in [3.8, 4) is 0 Å². The maximum absolute atomic E-state index is 11.6. The maximum Gasteiger partial charge on any atom is 0.224 e. The fourth-order valence-corrected chi connectivity index (χ4v) is 2.76. The standard InChI is InChI=1S/C12H13NO/c1-7-10-6-8-4-2-3-5-9(8)11(7)13-12(10)14/h2-5,7,10-11H,6H2,1H3,(H,13,14). The van der Waals surface area contributed by atoms with Crippen LogP contribution in [0, 0.1) is 11.8 Å². The zero-order chi connectivity index (χ0) is 9.71. The largest absolute Gasteiger partial charge is 0.349 e. The summed E-state index contributed by atoms with van der Waals surface area (Å²) in [6.07, 6.45) is 0.916. The van der Waals surface area contributed by atoms with E-state index < -0.39 is 0 Å². The Bertz CT molecular complexity index is 399. The van der Waals surface area contributed by atoms with E-state index in [1.165, 1.54) is 11.1 Å². The van der Waals surface area contributed by atoms with E-state index in [0.717, 1.165) is 6.42 Å². The fraction of sp³-hybridized carbons (Fsp3) is 0.417. The molecule has 72 valence electrons. The van der Waals surface area contributed by atoms with Crippen molar-refractivity contribution in [1.29, 1.82) is 0 Å². The average molecular weight is 187 g/mol. The second-order valence-corrected chi connectivity index (χ2v) is 4.35. The number of benzene rings is 1. The highest BCUT2D eigenvalue weighted by molar-refractivity contribution is 5.83. The van der Waals surface area contributed by atoms with E-state index in [1.807, 2.05) is 0 Å². The van der Waals surface area contributed by atoms with Crippen LogP contribution in [0.4, 0.5) is 0 Å². The molecule has 1 aliphatic carbocycles. The van der Waals surface area contributed by atoms with Crippen LogP contribution in [-0.2, 0) is 11.2 Å². The molecule has 2 nitrogen and oxygen atoms in total. The smallest absolute Gasteiger partial charge is 0.224 e. The molecule has 0 saturated carbocycles. The lowest BCUT2D eigenvalue weighted by molar-refractivity contribution is -0.122. The first-order chi connectivity index (χ1) is 6.77. The van der Waals surface area contributed by atoms with E-state index >= 15 is 0 Å². The van der Waals surface area contributed by atoms with Gasteiger partial charge in [0.1, 0.15) is 0 Å². The monoisotopic (exact) mass is 187 g/mol. The normalized spacial score (nSPS) is 33.8. The minimum absolute atomic E-state index is 0.204. The molecular weight excluding hydrogens is 174 g/mol. The molecule has 1 aromatic rings. The van der Waals surface area contributed by atoms with Gasteiger partial charge in [0, 0.05) is 5.92 Å². The van der Waals surface area contributed by atoms with Gasteiger partial charge in [-0.05, 0) is 23.5 Å². The zero-order valence-electron chi connectivity index (χ0n) is 8.16. The van der Waals surface area contributed by atoms with Crippen LogP contribution in [0.25, 0.3) is 0 Å². The molecule has 0 radical (unpaired) electrons. The van der Waals surface area contributed by atoms with Crippen LogP contribution in [0.1, 0.15) is 24.1 Å². The highest BCUT2D eigenvalue weighted by Crippen LogP contribution is 2.42. The van der Waals surface area contributed by atoms with Crippen LogP contribution in [0.3, 0.4) is 0 Å². The van der Waals surface area contributed by atoms with Crippen LogP contribution in [0.5, 0.6) is 0 Å². The topological polar surface area (TPSA) is 29.1 Å². The lowest BCUT2D eigenvalue weighted by Crippen LogP contribution is -2.22. The zero-order valence-corrected chi connectivity index (χ0v) is 8.16. The summed E-state index contributed by atoms with van der Waals surface area (Å²) in [7, 11) is 0. The summed E-state index contributed by atoms with van der Waals surface area (Å²) in [6.45, 7) is 2.17. The molecule has 1 saturated heterocycles. The first-order valence-corrected chi connectivity index (χ1v) is 5.15. The minimum Gasteiger partial charge on any atom is -0.349 e. The highest BCUT2D eigenvalue weighted by atomic mass is 16.2. The van der Waals surface area contributed by atoms with Gasteiger partial charge in [0.15, 0.2) is 0 Å². The molecule has 2 aliphatic rings. The molecule has 2 heteroatoms. The van der Waals surface area contributed by atoms with Gasteiger partial charge in [-0.15, -0.1) is 0 Å². The third-order valence-electron chi connectivity index (χ3n) is 3.62. The van der Waals surface area contributed by atoms with E-state index in [4.69, 9.17) is 0 Å². The second-order valence-electron chi connectivity index (χ2n) is 4.35. The Morgan fingerprint density at radius 3 is 3.00 bits per heavy atom. The Labute approximate surface area is 83.3 Å². The molecule has 1 aliphatic heterocycles. The average Bonchev–Trinajstić information content (AvgIpc) is 2.41. The Morgan fingerprint density at radius 2 is 2.14 bits per heavy atom. The first-order valence-electron chi connectivity index (χ1n) is 5.15. The van der Waals surface area contributed by atoms with Crippen molar-refractivity contribution in [3.63, 3.8) is 0 Å². The van der Waals surface area contributed by atoms with Gasteiger partial charge in [0.25, 0.3) is 0 Å². The third kappa shape index (κ3) is 0.884. The molecular formula is C12H13NO. The molecule has 1 aromatic carbocycles. The predicted molar refractivity (Wildman–Crippen MR) is 53.7 cm³/mol. The molecule has 3 unspecified atom stereocenters. The quantitative estimate of drug-likeness (QED) is 0.657. The number of rotatable bonds is 0. The summed E-state index contributed by atoms with van der Waals surface area (Å²) in [5, 5.41) is 3.08. The van der Waals surface area contributed by atoms with Gasteiger partial charge in [-0.25, -0.2) is 0 Å². The van der Waals surface area contributed by atoms with E-state index in [9.17, 15) is 4.79 Å². The van der Waals surface area contributed by atoms with Crippen molar-refractivity contribution < 1.29 is 4.79 Å². The van der Waals surface area contributed by atoms with Gasteiger partial charge in [0.05, 0.1) is 6.04 Å². The number of carbonyl (C=O) groups excluding carboxylic acids is 1. The van der Waals surface area contributed by atoms with Crippen LogP contribution >= 0.6 is 0 Å². The Hall–Kier alpha value is -1.31. The van der Waals surface area contributed by atoms with Gasteiger partial charge in [0.2, 0.25) is 5.91 Å². The van der Waals surface area contributed by atoms with Crippen LogP contribution in [-0.4, -0.2) is 5.91 Å². The van der Waals surface area contributed by atoms with Crippen molar-refractivity contribution in [3.05, 3.63) is 35.4 Å². The van der Waals surface area contributed by atoms with E-state index in [-0.39, 0.29) is 17.9 Å². The van der Waals surface area contributed by atoms with Crippen molar-refractivity contribution in [2.75, 3.05) is 0 Å². The Morgan fingerprint density at radius 1 is 1.36 bits per heavy atom. The van der Waals surface area contributed by atoms with Crippen molar-refractivity contribution >= 4 is 5.91 Å². The van der Waals surface area contributed by atoms with Gasteiger partial charge in [-0.1, -0.05) is 31.2 Å². The van der Waals surface area contributed by atoms with Crippen molar-refractivity contribution in [2.45, 2.75) is 19.4 Å². The molecule has 1 amide bonds. The van der Waals surface area contributed by atoms with Gasteiger partial charge in [-0.2, -0.15) is 0 Å². The third-order valence-corrected chi connectivity index (χ3v) is 3.62. The molecule has 0 spiro atoms. The van der Waals surface area contributed by atoms with Crippen molar-refractivity contribution in [2.24, 2.45) is 11.8 Å². The summed E-state index contributed by atoms with van der Waals surface area (Å²) < 4.78 is 0. The van der Waals surface area contributed by atoms with Crippen LogP contribution < -0.4 is 5.32 Å². The molecule has 1 heterocycles. The Kier molecular flexibility index (Phi) is 1.49. The number of hydrogen-bond donors (Lipinski definition) is 1. The molecule has 3 rings (SSSR count). The van der Waals surface area contributed by atoms with Gasteiger partial charge >= 0.3 is 0 Å². The fourth-order valence-electron chi connectivity index (χ4n) is 2.76. The second kappa shape index (κ2) is 2.59. The summed E-state index contributed by atoms with van der Waals surface area (Å²) in [5.41, 5.74) is 2.67. The molecule has 3 atom stereocenters. The van der Waals surface area contributed by atoms with E-state index in [2.05, 4.69) is 36.5 Å². The van der Waals surface area contributed by atoms with Crippen LogP contribution in [0.2, 0.25) is 0 Å². The highest BCUT2D eigenvalue weighted by Gasteiger charge is 2.44. The maximum atomic E-state index is 11.6. The summed E-state index contributed by atoms with van der Waals surface area (Å²) in [6, 6.07) is 8.65. The van der Waals surface area contributed by atoms with Crippen molar-refractivity contribution in [1.82, 2.24) is 5.32 Å². The van der Waals surface area contributed by atoms with Gasteiger partial charge < -0.3 is 5.32 Å². The van der Waals surface area contributed by atoms with Gasteiger partial charge in [-0.3, -0.25) is 4.79 Å². The number of hydrogen-bond acceptors (Lipinski definition) is 1. The molecule has 1 N–H and O–H groups in total.